The SMILES string of the molecule is Cc1cc(Oc2ncnc3nc[nH]c23)[n+]2[nH]cnc2n1.[Cl-]. The molecule has 106 valence electrons. The van der Waals surface area contributed by atoms with Crippen molar-refractivity contribution in [2.75, 3.05) is 0 Å². The molecule has 0 aliphatic heterocycles. The highest BCUT2D eigenvalue weighted by Gasteiger charge is 2.17. The lowest BCUT2D eigenvalue weighted by atomic mass is 10.4. The average Bonchev–Trinajstić information content (AvgIpc) is 3.06. The van der Waals surface area contributed by atoms with Crippen molar-refractivity contribution >= 4 is 16.9 Å². The zero-order valence-corrected chi connectivity index (χ0v) is 11.5. The smallest absolute Gasteiger partial charge is 0.460 e. The van der Waals surface area contributed by atoms with E-state index >= 15 is 0 Å². The van der Waals surface area contributed by atoms with Gasteiger partial charge in [0.2, 0.25) is 0 Å². The largest absolute Gasteiger partial charge is 1.00 e. The normalized spacial score (nSPS) is 10.7. The second-order valence-electron chi connectivity index (χ2n) is 4.14. The van der Waals surface area contributed by atoms with E-state index in [1.165, 1.54) is 6.33 Å². The Hall–Kier alpha value is -2.81. The topological polar surface area (TPSA) is 109 Å². The van der Waals surface area contributed by atoms with Gasteiger partial charge in [-0.05, 0) is 6.92 Å². The van der Waals surface area contributed by atoms with Crippen LogP contribution in [0.4, 0.5) is 0 Å². The second-order valence-corrected chi connectivity index (χ2v) is 4.14. The number of rotatable bonds is 2. The molecule has 0 atom stereocenters. The average molecular weight is 305 g/mol. The fourth-order valence-electron chi connectivity index (χ4n) is 1.93. The Morgan fingerprint density at radius 1 is 1.14 bits per heavy atom. The fraction of sp³-hybridized carbons (Fsp3) is 0.0909. The van der Waals surface area contributed by atoms with E-state index in [2.05, 4.69) is 35.0 Å². The minimum atomic E-state index is 0. The van der Waals surface area contributed by atoms with E-state index in [4.69, 9.17) is 4.74 Å². The predicted molar refractivity (Wildman–Crippen MR) is 66.0 cm³/mol. The lowest BCUT2D eigenvalue weighted by Crippen LogP contribution is -3.00. The van der Waals surface area contributed by atoms with Crippen molar-refractivity contribution in [3.05, 3.63) is 30.7 Å². The third-order valence-corrected chi connectivity index (χ3v) is 2.79. The van der Waals surface area contributed by atoms with E-state index in [-0.39, 0.29) is 12.4 Å². The molecule has 21 heavy (non-hydrogen) atoms. The molecule has 0 radical (unpaired) electrons. The number of nitrogens with one attached hydrogen (secondary N) is 2. The van der Waals surface area contributed by atoms with Crippen molar-refractivity contribution in [3.8, 4) is 11.8 Å². The predicted octanol–water partition coefficient (Wildman–Crippen LogP) is -2.69. The maximum absolute atomic E-state index is 5.83. The van der Waals surface area contributed by atoms with Crippen LogP contribution >= 0.6 is 0 Å². The molecule has 2 N–H and O–H groups in total. The van der Waals surface area contributed by atoms with Crippen LogP contribution in [-0.4, -0.2) is 35.0 Å². The molecule has 4 aromatic heterocycles. The summed E-state index contributed by atoms with van der Waals surface area (Å²) in [6, 6.07) is 1.79. The lowest BCUT2D eigenvalue weighted by Gasteiger charge is -2.03. The summed E-state index contributed by atoms with van der Waals surface area (Å²) in [5.41, 5.74) is 1.98. The maximum atomic E-state index is 5.83. The minimum absolute atomic E-state index is 0. The van der Waals surface area contributed by atoms with Gasteiger partial charge >= 0.3 is 5.78 Å². The number of hydrogen-bond acceptors (Lipinski definition) is 6. The van der Waals surface area contributed by atoms with Crippen molar-refractivity contribution in [2.24, 2.45) is 0 Å². The molecule has 4 aromatic rings. The Morgan fingerprint density at radius 3 is 2.95 bits per heavy atom. The summed E-state index contributed by atoms with van der Waals surface area (Å²) in [5, 5.41) is 2.93. The van der Waals surface area contributed by atoms with Gasteiger partial charge in [-0.1, -0.05) is 14.5 Å². The van der Waals surface area contributed by atoms with E-state index in [9.17, 15) is 0 Å². The van der Waals surface area contributed by atoms with E-state index in [0.29, 0.717) is 28.7 Å². The summed E-state index contributed by atoms with van der Waals surface area (Å²) < 4.78 is 7.45. The van der Waals surface area contributed by atoms with Crippen molar-refractivity contribution in [1.82, 2.24) is 35.0 Å². The molecule has 10 heteroatoms. The van der Waals surface area contributed by atoms with Crippen molar-refractivity contribution < 1.29 is 21.7 Å². The van der Waals surface area contributed by atoms with E-state index in [1.807, 2.05) is 6.92 Å². The van der Waals surface area contributed by atoms with E-state index < -0.39 is 0 Å². The zero-order chi connectivity index (χ0) is 13.5. The van der Waals surface area contributed by atoms with E-state index in [1.54, 1.807) is 23.2 Å². The summed E-state index contributed by atoms with van der Waals surface area (Å²) >= 11 is 0. The maximum Gasteiger partial charge on any atom is 0.460 e. The first-order valence-corrected chi connectivity index (χ1v) is 5.86. The van der Waals surface area contributed by atoms with Crippen LogP contribution < -0.4 is 21.7 Å². The Bertz CT molecular complexity index is 917. The second kappa shape index (κ2) is 4.94. The number of halogens is 1. The first kappa shape index (κ1) is 13.2. The van der Waals surface area contributed by atoms with Crippen LogP contribution in [0.25, 0.3) is 16.9 Å². The molecule has 0 aliphatic carbocycles. The van der Waals surface area contributed by atoms with Crippen LogP contribution in [0.5, 0.6) is 11.8 Å². The van der Waals surface area contributed by atoms with Gasteiger partial charge in [-0.25, -0.2) is 15.1 Å². The molecular formula is C11H9ClN8O. The summed E-state index contributed by atoms with van der Waals surface area (Å²) in [4.78, 5) is 23.6. The van der Waals surface area contributed by atoms with Crippen LogP contribution in [0.15, 0.2) is 25.0 Å². The molecule has 0 aromatic carbocycles. The van der Waals surface area contributed by atoms with Gasteiger partial charge in [0.15, 0.2) is 12.0 Å². The van der Waals surface area contributed by atoms with Crippen molar-refractivity contribution in [2.45, 2.75) is 6.92 Å². The number of aromatic nitrogens is 8. The Morgan fingerprint density at radius 2 is 2.05 bits per heavy atom. The fourth-order valence-corrected chi connectivity index (χ4v) is 1.93. The van der Waals surface area contributed by atoms with Crippen LogP contribution in [0.3, 0.4) is 0 Å². The summed E-state index contributed by atoms with van der Waals surface area (Å²) in [6.07, 6.45) is 4.49. The first-order valence-electron chi connectivity index (χ1n) is 5.86. The Kier molecular flexibility index (Phi) is 3.10. The van der Waals surface area contributed by atoms with Gasteiger partial charge in [0, 0.05) is 0 Å². The minimum Gasteiger partial charge on any atom is -1.00 e. The van der Waals surface area contributed by atoms with Gasteiger partial charge in [-0.15, -0.1) is 0 Å². The summed E-state index contributed by atoms with van der Waals surface area (Å²) in [5.74, 6) is 1.44. The standard InChI is InChI=1S/C11H8N8O.ClH/c1-6-2-7(19-11(18-6)16-5-17-19)20-10-8-9(13-3-12-8)14-4-15-10;/h2-5H,1H3,(H,12,13,14,15);1H. The number of hydrogen-bond donors (Lipinski definition) is 2. The lowest BCUT2D eigenvalue weighted by molar-refractivity contribution is -0.586. The summed E-state index contributed by atoms with van der Waals surface area (Å²) in [6.45, 7) is 1.87. The Labute approximate surface area is 123 Å². The molecule has 0 bridgehead atoms. The van der Waals surface area contributed by atoms with Crippen LogP contribution in [0.2, 0.25) is 0 Å². The number of ether oxygens (including phenoxy) is 1. The first-order chi connectivity index (χ1) is 9.81. The van der Waals surface area contributed by atoms with Gasteiger partial charge in [-0.2, -0.15) is 4.98 Å². The van der Waals surface area contributed by atoms with Gasteiger partial charge < -0.3 is 22.1 Å². The van der Waals surface area contributed by atoms with Crippen molar-refractivity contribution in [1.29, 1.82) is 0 Å². The quantitative estimate of drug-likeness (QED) is 0.390. The molecule has 0 spiro atoms. The monoisotopic (exact) mass is 304 g/mol. The number of fused-ring (bicyclic) bond motifs is 2. The molecule has 9 nitrogen and oxygen atoms in total. The molecule has 0 fully saturated rings. The van der Waals surface area contributed by atoms with E-state index in [0.717, 1.165) is 5.69 Å². The number of aryl methyl sites for hydroxylation is 1. The van der Waals surface area contributed by atoms with Gasteiger partial charge in [-0.3, -0.25) is 0 Å². The number of H-pyrrole nitrogens is 2. The van der Waals surface area contributed by atoms with Crippen LogP contribution in [0, 0.1) is 6.92 Å². The van der Waals surface area contributed by atoms with Gasteiger partial charge in [0.1, 0.15) is 17.5 Å². The molecule has 4 rings (SSSR count). The Balaban J connectivity index is 0.00000132. The molecule has 0 unspecified atom stereocenters. The number of aromatic amines is 2. The highest BCUT2D eigenvalue weighted by atomic mass is 35.5. The molecule has 4 heterocycles. The highest BCUT2D eigenvalue weighted by molar-refractivity contribution is 5.75. The van der Waals surface area contributed by atoms with Gasteiger partial charge in [0.05, 0.1) is 12.4 Å². The van der Waals surface area contributed by atoms with Crippen molar-refractivity contribution in [3.63, 3.8) is 0 Å². The number of nitrogens with zero attached hydrogens (tertiary/aromatic N) is 6. The third kappa shape index (κ3) is 2.13. The molecule has 0 amide bonds. The molecule has 0 saturated carbocycles. The molecule has 0 saturated heterocycles. The number of imidazole rings is 1. The zero-order valence-electron chi connectivity index (χ0n) is 10.8. The van der Waals surface area contributed by atoms with Crippen LogP contribution in [-0.2, 0) is 0 Å². The third-order valence-electron chi connectivity index (χ3n) is 2.79. The highest BCUT2D eigenvalue weighted by Crippen LogP contribution is 2.22. The summed E-state index contributed by atoms with van der Waals surface area (Å²) in [7, 11) is 0. The molecule has 0 aliphatic rings. The molecular weight excluding hydrogens is 296 g/mol. The van der Waals surface area contributed by atoms with Gasteiger partial charge in [0.25, 0.3) is 11.8 Å². The van der Waals surface area contributed by atoms with Crippen LogP contribution in [0.1, 0.15) is 5.69 Å².